The minimum absolute atomic E-state index is 0.373. The number of aliphatic hydroxyl groups excluding tert-OH is 4. The SMILES string of the molecule is NC(O)C1=CN(C2OC(CO)C(O)C2O)C=CC1. The lowest BCUT2D eigenvalue weighted by Gasteiger charge is -2.29. The molecule has 1 saturated heterocycles. The van der Waals surface area contributed by atoms with Crippen molar-refractivity contribution in [2.45, 2.75) is 37.2 Å². The van der Waals surface area contributed by atoms with Gasteiger partial charge in [-0.15, -0.1) is 0 Å². The Labute approximate surface area is 104 Å². The third-order valence-electron chi connectivity index (χ3n) is 3.14. The van der Waals surface area contributed by atoms with E-state index in [0.717, 1.165) is 0 Å². The van der Waals surface area contributed by atoms with Crippen molar-refractivity contribution in [3.8, 4) is 0 Å². The third kappa shape index (κ3) is 2.41. The van der Waals surface area contributed by atoms with E-state index in [2.05, 4.69) is 0 Å². The maximum absolute atomic E-state index is 9.85. The van der Waals surface area contributed by atoms with Gasteiger partial charge in [0.05, 0.1) is 6.61 Å². The van der Waals surface area contributed by atoms with Crippen LogP contribution in [0.3, 0.4) is 0 Å². The Kier molecular flexibility index (Phi) is 4.00. The highest BCUT2D eigenvalue weighted by Crippen LogP contribution is 2.27. The molecule has 5 atom stereocenters. The molecule has 0 amide bonds. The molecule has 102 valence electrons. The van der Waals surface area contributed by atoms with Gasteiger partial charge in [-0.3, -0.25) is 0 Å². The summed E-state index contributed by atoms with van der Waals surface area (Å²) in [6.07, 6.45) is 0.546. The van der Waals surface area contributed by atoms with E-state index in [1.54, 1.807) is 18.5 Å². The molecule has 7 heteroatoms. The second kappa shape index (κ2) is 5.35. The molecule has 0 aliphatic carbocycles. The minimum Gasteiger partial charge on any atom is -0.394 e. The van der Waals surface area contributed by atoms with Crippen LogP contribution in [-0.4, -0.2) is 62.7 Å². The van der Waals surface area contributed by atoms with E-state index in [-0.39, 0.29) is 6.61 Å². The average Bonchev–Trinajstić information content (AvgIpc) is 2.66. The number of ether oxygens (including phenoxy) is 1. The highest BCUT2D eigenvalue weighted by Gasteiger charge is 2.44. The molecule has 2 aliphatic rings. The summed E-state index contributed by atoms with van der Waals surface area (Å²) in [6, 6.07) is 0. The normalized spacial score (nSPS) is 37.8. The fourth-order valence-electron chi connectivity index (χ4n) is 2.08. The van der Waals surface area contributed by atoms with E-state index < -0.39 is 30.8 Å². The van der Waals surface area contributed by atoms with Gasteiger partial charge in [0, 0.05) is 12.4 Å². The van der Waals surface area contributed by atoms with Crippen LogP contribution in [-0.2, 0) is 4.74 Å². The fraction of sp³-hybridized carbons (Fsp3) is 0.636. The molecule has 2 heterocycles. The summed E-state index contributed by atoms with van der Waals surface area (Å²) in [5.41, 5.74) is 5.96. The van der Waals surface area contributed by atoms with Crippen molar-refractivity contribution in [1.29, 1.82) is 0 Å². The molecule has 0 saturated carbocycles. The lowest BCUT2D eigenvalue weighted by Crippen LogP contribution is -2.40. The Morgan fingerprint density at radius 3 is 2.72 bits per heavy atom. The summed E-state index contributed by atoms with van der Waals surface area (Å²) in [4.78, 5) is 1.53. The molecule has 0 aromatic heterocycles. The van der Waals surface area contributed by atoms with Gasteiger partial charge < -0.3 is 35.8 Å². The molecule has 18 heavy (non-hydrogen) atoms. The van der Waals surface area contributed by atoms with Gasteiger partial charge in [-0.25, -0.2) is 0 Å². The Balaban J connectivity index is 2.12. The molecule has 2 aliphatic heterocycles. The van der Waals surface area contributed by atoms with Crippen LogP contribution in [0.1, 0.15) is 6.42 Å². The number of hydrogen-bond acceptors (Lipinski definition) is 7. The number of allylic oxidation sites excluding steroid dienone is 1. The largest absolute Gasteiger partial charge is 0.394 e. The first-order valence-electron chi connectivity index (χ1n) is 5.75. The zero-order valence-corrected chi connectivity index (χ0v) is 9.75. The Bertz CT molecular complexity index is 357. The zero-order valence-electron chi connectivity index (χ0n) is 9.75. The lowest BCUT2D eigenvalue weighted by molar-refractivity contribution is -0.0659. The summed E-state index contributed by atoms with van der Waals surface area (Å²) in [6.45, 7) is -0.373. The Hall–Kier alpha value is -0.960. The van der Waals surface area contributed by atoms with E-state index in [1.165, 1.54) is 4.90 Å². The number of rotatable bonds is 3. The molecule has 0 aromatic rings. The van der Waals surface area contributed by atoms with Crippen LogP contribution in [0.15, 0.2) is 24.0 Å². The molecule has 2 rings (SSSR count). The third-order valence-corrected chi connectivity index (χ3v) is 3.14. The topological polar surface area (TPSA) is 119 Å². The van der Waals surface area contributed by atoms with Crippen LogP contribution < -0.4 is 5.73 Å². The molecule has 0 aromatic carbocycles. The monoisotopic (exact) mass is 258 g/mol. The van der Waals surface area contributed by atoms with Crippen molar-refractivity contribution in [3.63, 3.8) is 0 Å². The molecule has 6 N–H and O–H groups in total. The second-order valence-electron chi connectivity index (χ2n) is 4.41. The maximum atomic E-state index is 9.85. The van der Waals surface area contributed by atoms with Crippen molar-refractivity contribution in [1.82, 2.24) is 4.90 Å². The van der Waals surface area contributed by atoms with E-state index in [9.17, 15) is 15.3 Å². The van der Waals surface area contributed by atoms with Crippen LogP contribution in [0.2, 0.25) is 0 Å². The molecule has 0 radical (unpaired) electrons. The molecule has 0 spiro atoms. The van der Waals surface area contributed by atoms with Crippen molar-refractivity contribution in [3.05, 3.63) is 24.0 Å². The fourth-order valence-corrected chi connectivity index (χ4v) is 2.08. The van der Waals surface area contributed by atoms with Gasteiger partial charge in [0.15, 0.2) is 6.23 Å². The van der Waals surface area contributed by atoms with Crippen molar-refractivity contribution in [2.24, 2.45) is 5.73 Å². The Morgan fingerprint density at radius 2 is 2.17 bits per heavy atom. The zero-order chi connectivity index (χ0) is 13.3. The quantitative estimate of drug-likeness (QED) is 0.365. The van der Waals surface area contributed by atoms with Gasteiger partial charge in [0.2, 0.25) is 0 Å². The number of aliphatic hydroxyl groups is 4. The van der Waals surface area contributed by atoms with Gasteiger partial charge in [-0.05, 0) is 12.0 Å². The highest BCUT2D eigenvalue weighted by atomic mass is 16.6. The number of nitrogens with two attached hydrogens (primary N) is 1. The van der Waals surface area contributed by atoms with Crippen LogP contribution in [0.25, 0.3) is 0 Å². The van der Waals surface area contributed by atoms with Gasteiger partial charge in [0.25, 0.3) is 0 Å². The van der Waals surface area contributed by atoms with Crippen molar-refractivity contribution in [2.75, 3.05) is 6.61 Å². The van der Waals surface area contributed by atoms with Gasteiger partial charge in [-0.1, -0.05) is 6.08 Å². The standard InChI is InChI=1S/C11H18N2O5/c12-10(17)6-2-1-3-13(4-6)11-9(16)8(15)7(5-14)18-11/h1,3-4,7-11,14-17H,2,5,12H2. The summed E-state index contributed by atoms with van der Waals surface area (Å²) >= 11 is 0. The van der Waals surface area contributed by atoms with Gasteiger partial charge in [-0.2, -0.15) is 0 Å². The van der Waals surface area contributed by atoms with Gasteiger partial charge >= 0.3 is 0 Å². The molecular formula is C11H18N2O5. The smallest absolute Gasteiger partial charge is 0.162 e. The van der Waals surface area contributed by atoms with E-state index >= 15 is 0 Å². The average molecular weight is 258 g/mol. The highest BCUT2D eigenvalue weighted by molar-refractivity contribution is 5.17. The maximum Gasteiger partial charge on any atom is 0.162 e. The summed E-state index contributed by atoms with van der Waals surface area (Å²) < 4.78 is 5.36. The summed E-state index contributed by atoms with van der Waals surface area (Å²) in [7, 11) is 0. The first kappa shape index (κ1) is 13.5. The van der Waals surface area contributed by atoms with E-state index in [0.29, 0.717) is 12.0 Å². The second-order valence-corrected chi connectivity index (χ2v) is 4.41. The molecule has 0 bridgehead atoms. The molecule has 5 unspecified atom stereocenters. The first-order chi connectivity index (χ1) is 8.54. The van der Waals surface area contributed by atoms with Crippen LogP contribution in [0.5, 0.6) is 0 Å². The Morgan fingerprint density at radius 1 is 1.44 bits per heavy atom. The summed E-state index contributed by atoms with van der Waals surface area (Å²) in [5, 5.41) is 37.8. The van der Waals surface area contributed by atoms with Crippen LogP contribution in [0.4, 0.5) is 0 Å². The van der Waals surface area contributed by atoms with E-state index in [4.69, 9.17) is 15.6 Å². The molecule has 7 nitrogen and oxygen atoms in total. The predicted octanol–water partition coefficient (Wildman–Crippen LogP) is -2.19. The van der Waals surface area contributed by atoms with Crippen molar-refractivity contribution < 1.29 is 25.2 Å². The van der Waals surface area contributed by atoms with Crippen LogP contribution >= 0.6 is 0 Å². The lowest BCUT2D eigenvalue weighted by atomic mass is 10.1. The molecule has 1 fully saturated rings. The van der Waals surface area contributed by atoms with Crippen LogP contribution in [0, 0.1) is 0 Å². The number of nitrogens with zero attached hydrogens (tertiary/aromatic N) is 1. The summed E-state index contributed by atoms with van der Waals surface area (Å²) in [5.74, 6) is 0. The number of hydrogen-bond donors (Lipinski definition) is 5. The molecular weight excluding hydrogens is 240 g/mol. The predicted molar refractivity (Wildman–Crippen MR) is 61.6 cm³/mol. The van der Waals surface area contributed by atoms with Crippen molar-refractivity contribution >= 4 is 0 Å². The van der Waals surface area contributed by atoms with Gasteiger partial charge in [0.1, 0.15) is 24.5 Å². The van der Waals surface area contributed by atoms with E-state index in [1.807, 2.05) is 0 Å². The minimum atomic E-state index is -1.14. The first-order valence-corrected chi connectivity index (χ1v) is 5.75.